The van der Waals surface area contributed by atoms with E-state index in [0.29, 0.717) is 53.7 Å². The van der Waals surface area contributed by atoms with Crippen molar-refractivity contribution in [2.45, 2.75) is 59.3 Å². The first-order valence-electron chi connectivity index (χ1n) is 16.3. The second kappa shape index (κ2) is 18.8. The summed E-state index contributed by atoms with van der Waals surface area (Å²) in [5.74, 6) is 1.42. The Balaban J connectivity index is 1.51. The maximum atomic E-state index is 13.2. The van der Waals surface area contributed by atoms with Crippen LogP contribution in [0.5, 0.6) is 28.7 Å². The van der Waals surface area contributed by atoms with Gasteiger partial charge in [-0.25, -0.2) is 9.59 Å². The summed E-state index contributed by atoms with van der Waals surface area (Å²) in [6.45, 7) is 8.21. The second-order valence-electron chi connectivity index (χ2n) is 10.9. The molecule has 0 aliphatic heterocycles. The molecule has 0 saturated heterocycles. The number of esters is 2. The molecule has 0 radical (unpaired) electrons. The summed E-state index contributed by atoms with van der Waals surface area (Å²) >= 11 is 0. The quantitative estimate of drug-likeness (QED) is 0.0464. The van der Waals surface area contributed by atoms with Crippen LogP contribution in [0.1, 0.15) is 85.6 Å². The molecule has 47 heavy (non-hydrogen) atoms. The van der Waals surface area contributed by atoms with Crippen molar-refractivity contribution in [3.63, 3.8) is 0 Å². The second-order valence-corrected chi connectivity index (χ2v) is 10.9. The van der Waals surface area contributed by atoms with Gasteiger partial charge in [0.2, 0.25) is 0 Å². The third-order valence-corrected chi connectivity index (χ3v) is 7.07. The summed E-state index contributed by atoms with van der Waals surface area (Å²) in [5, 5.41) is 0. The van der Waals surface area contributed by atoms with Gasteiger partial charge in [-0.15, -0.1) is 0 Å². The summed E-state index contributed by atoms with van der Waals surface area (Å²) < 4.78 is 28.6. The fraction of sp³-hybridized carbons (Fsp3) is 0.308. The number of ether oxygens (including phenoxy) is 5. The predicted molar refractivity (Wildman–Crippen MR) is 184 cm³/mol. The molecule has 4 aromatic carbocycles. The van der Waals surface area contributed by atoms with Gasteiger partial charge in [0.05, 0.1) is 36.6 Å². The number of carbonyl (C=O) groups is 2. The van der Waals surface area contributed by atoms with Crippen LogP contribution in [0.3, 0.4) is 0 Å². The molecule has 0 aliphatic carbocycles. The highest BCUT2D eigenvalue weighted by molar-refractivity contribution is 5.94. The zero-order chi connectivity index (χ0) is 33.3. The normalized spacial score (nSPS) is 10.9. The zero-order valence-electron chi connectivity index (χ0n) is 27.4. The van der Waals surface area contributed by atoms with Crippen molar-refractivity contribution in [2.75, 3.05) is 19.8 Å². The Hall–Kier alpha value is -5.11. The van der Waals surface area contributed by atoms with Crippen LogP contribution >= 0.6 is 0 Å². The average molecular weight is 638 g/mol. The largest absolute Gasteiger partial charge is 0.494 e. The molecule has 246 valence electrons. The molecule has 0 aliphatic rings. The molecular formula is C39H43NO7. The molecule has 0 atom stereocenters. The van der Waals surface area contributed by atoms with E-state index in [-0.39, 0.29) is 11.5 Å². The number of rotatable bonds is 18. The fourth-order valence-electron chi connectivity index (χ4n) is 4.25. The van der Waals surface area contributed by atoms with E-state index in [2.05, 4.69) is 25.8 Å². The maximum absolute atomic E-state index is 13.2. The lowest BCUT2D eigenvalue weighted by Gasteiger charge is -2.11. The van der Waals surface area contributed by atoms with Crippen LogP contribution in [0.15, 0.2) is 96.0 Å². The van der Waals surface area contributed by atoms with E-state index in [1.807, 2.05) is 24.3 Å². The lowest BCUT2D eigenvalue weighted by atomic mass is 10.2. The fourth-order valence-corrected chi connectivity index (χ4v) is 4.25. The van der Waals surface area contributed by atoms with Gasteiger partial charge in [-0.3, -0.25) is 4.99 Å². The van der Waals surface area contributed by atoms with Crippen molar-refractivity contribution in [3.8, 4) is 28.7 Å². The molecule has 0 N–H and O–H groups in total. The summed E-state index contributed by atoms with van der Waals surface area (Å²) in [5.41, 5.74) is 1.93. The molecule has 8 nitrogen and oxygen atoms in total. The average Bonchev–Trinajstić information content (AvgIpc) is 3.09. The number of benzene rings is 4. The molecule has 4 aromatic rings. The van der Waals surface area contributed by atoms with Gasteiger partial charge in [0, 0.05) is 17.8 Å². The smallest absolute Gasteiger partial charge is 0.343 e. The topological polar surface area (TPSA) is 92.7 Å². The SMILES string of the molecule is CCCCOc1ccc(N=Cc2ccc(OC(=O)c3ccc(OCCCC)cc3)cc2OC(=O)c2ccc(OCCCC)cc2)cc1. The Bertz CT molecular complexity index is 1580. The van der Waals surface area contributed by atoms with Crippen LogP contribution < -0.4 is 23.7 Å². The Morgan fingerprint density at radius 2 is 0.979 bits per heavy atom. The van der Waals surface area contributed by atoms with Crippen LogP contribution in [0, 0.1) is 0 Å². The van der Waals surface area contributed by atoms with Crippen LogP contribution in [-0.4, -0.2) is 38.0 Å². The molecule has 0 fully saturated rings. The number of hydrogen-bond acceptors (Lipinski definition) is 8. The van der Waals surface area contributed by atoms with E-state index in [9.17, 15) is 9.59 Å². The molecule has 0 heterocycles. The van der Waals surface area contributed by atoms with E-state index in [4.69, 9.17) is 23.7 Å². The molecule has 0 bridgehead atoms. The first-order chi connectivity index (χ1) is 23.0. The predicted octanol–water partition coefficient (Wildman–Crippen LogP) is 9.41. The minimum atomic E-state index is -0.574. The molecule has 4 rings (SSSR count). The Kier molecular flexibility index (Phi) is 13.9. The van der Waals surface area contributed by atoms with E-state index in [1.54, 1.807) is 66.9 Å². The number of nitrogens with zero attached hydrogens (tertiary/aromatic N) is 1. The van der Waals surface area contributed by atoms with Crippen LogP contribution in [-0.2, 0) is 0 Å². The number of unbranched alkanes of at least 4 members (excludes halogenated alkanes) is 3. The molecule has 0 saturated carbocycles. The van der Waals surface area contributed by atoms with E-state index >= 15 is 0 Å². The highest BCUT2D eigenvalue weighted by atomic mass is 16.5. The van der Waals surface area contributed by atoms with Gasteiger partial charge in [-0.1, -0.05) is 40.0 Å². The van der Waals surface area contributed by atoms with Crippen molar-refractivity contribution >= 4 is 23.8 Å². The van der Waals surface area contributed by atoms with Crippen LogP contribution in [0.2, 0.25) is 0 Å². The highest BCUT2D eigenvalue weighted by Crippen LogP contribution is 2.27. The van der Waals surface area contributed by atoms with Gasteiger partial charge >= 0.3 is 11.9 Å². The van der Waals surface area contributed by atoms with Gasteiger partial charge in [-0.2, -0.15) is 0 Å². The van der Waals surface area contributed by atoms with Gasteiger partial charge < -0.3 is 23.7 Å². The Labute approximate surface area is 277 Å². The standard InChI is InChI=1S/C39H43NO7/c1-4-7-24-43-33-17-10-29(11-18-33)38(41)46-36-21-14-31(28-40-32-15-22-35(23-16-32)45-26-9-6-3)37(27-36)47-39(42)30-12-19-34(20-13-30)44-25-8-5-2/h10-23,27-28H,4-9,24-26H2,1-3H3. The Morgan fingerprint density at radius 1 is 0.553 bits per heavy atom. The zero-order valence-corrected chi connectivity index (χ0v) is 27.4. The monoisotopic (exact) mass is 637 g/mol. The summed E-state index contributed by atoms with van der Waals surface area (Å²) in [7, 11) is 0. The summed E-state index contributed by atoms with van der Waals surface area (Å²) in [6.07, 6.45) is 7.63. The molecular weight excluding hydrogens is 594 g/mol. The lowest BCUT2D eigenvalue weighted by Crippen LogP contribution is -2.11. The molecule has 8 heteroatoms. The van der Waals surface area contributed by atoms with Gasteiger partial charge in [0.25, 0.3) is 0 Å². The van der Waals surface area contributed by atoms with Crippen molar-refractivity contribution in [2.24, 2.45) is 4.99 Å². The molecule has 0 unspecified atom stereocenters. The van der Waals surface area contributed by atoms with Crippen LogP contribution in [0.4, 0.5) is 5.69 Å². The van der Waals surface area contributed by atoms with Crippen molar-refractivity contribution in [1.29, 1.82) is 0 Å². The maximum Gasteiger partial charge on any atom is 0.343 e. The van der Waals surface area contributed by atoms with Crippen molar-refractivity contribution < 1.29 is 33.3 Å². The number of carbonyl (C=O) groups excluding carboxylic acids is 2. The third-order valence-electron chi connectivity index (χ3n) is 7.07. The first kappa shape index (κ1) is 34.8. The minimum absolute atomic E-state index is 0.187. The van der Waals surface area contributed by atoms with E-state index < -0.39 is 11.9 Å². The first-order valence-corrected chi connectivity index (χ1v) is 16.3. The number of aliphatic imine (C=N–C) groups is 1. The van der Waals surface area contributed by atoms with Gasteiger partial charge in [0.1, 0.15) is 28.7 Å². The lowest BCUT2D eigenvalue weighted by molar-refractivity contribution is 0.0732. The molecule has 0 spiro atoms. The Morgan fingerprint density at radius 3 is 1.45 bits per heavy atom. The van der Waals surface area contributed by atoms with Crippen LogP contribution in [0.25, 0.3) is 0 Å². The van der Waals surface area contributed by atoms with Gasteiger partial charge in [-0.05, 0) is 104 Å². The molecule has 0 aromatic heterocycles. The molecule has 0 amide bonds. The van der Waals surface area contributed by atoms with E-state index in [0.717, 1.165) is 44.3 Å². The van der Waals surface area contributed by atoms with Crippen molar-refractivity contribution in [1.82, 2.24) is 0 Å². The van der Waals surface area contributed by atoms with Gasteiger partial charge in [0.15, 0.2) is 0 Å². The minimum Gasteiger partial charge on any atom is -0.494 e. The third kappa shape index (κ3) is 11.3. The summed E-state index contributed by atoms with van der Waals surface area (Å²) in [6, 6.07) is 25.8. The van der Waals surface area contributed by atoms with Crippen molar-refractivity contribution in [3.05, 3.63) is 108 Å². The summed E-state index contributed by atoms with van der Waals surface area (Å²) in [4.78, 5) is 30.7. The number of hydrogen-bond donors (Lipinski definition) is 0. The highest BCUT2D eigenvalue weighted by Gasteiger charge is 2.15. The van der Waals surface area contributed by atoms with E-state index in [1.165, 1.54) is 6.07 Å².